The molecule has 1 fully saturated rings. The van der Waals surface area contributed by atoms with Crippen LogP contribution in [0.1, 0.15) is 114 Å². The molecule has 1 unspecified atom stereocenters. The van der Waals surface area contributed by atoms with Crippen LogP contribution in [0.5, 0.6) is 11.5 Å². The zero-order chi connectivity index (χ0) is 24.0. The second-order valence-corrected chi connectivity index (χ2v) is 10.9. The minimum Gasteiger partial charge on any atom is -0.507 e. The highest BCUT2D eigenvalue weighted by Gasteiger charge is 2.33. The van der Waals surface area contributed by atoms with E-state index in [1.165, 1.54) is 55.2 Å². The summed E-state index contributed by atoms with van der Waals surface area (Å²) in [5.41, 5.74) is 8.81. The largest absolute Gasteiger partial charge is 0.507 e. The summed E-state index contributed by atoms with van der Waals surface area (Å²) in [6.45, 7) is 12.9. The van der Waals surface area contributed by atoms with E-state index in [2.05, 4.69) is 45.9 Å². The highest BCUT2D eigenvalue weighted by atomic mass is 16.5. The van der Waals surface area contributed by atoms with E-state index in [0.717, 1.165) is 61.0 Å². The molecule has 2 aliphatic rings. The van der Waals surface area contributed by atoms with E-state index < -0.39 is 0 Å². The van der Waals surface area contributed by atoms with Crippen LogP contribution in [0.2, 0.25) is 0 Å². The molecular weight excluding hydrogens is 404 g/mol. The standard InChI is InChI=1S/C31H46O2/c1-22(14-10-18-27-16-7-8-17-27)12-9-13-23(2)15-11-20-31(6)21-19-28-26(5)29(32)24(3)25(4)30(28)33-31/h12,15,18,32H,7-11,13-14,16-17,19-21H2,1-6H3/b22-12+,23-15+. The van der Waals surface area contributed by atoms with Gasteiger partial charge in [-0.1, -0.05) is 34.9 Å². The molecule has 1 saturated carbocycles. The van der Waals surface area contributed by atoms with Crippen LogP contribution in [0.15, 0.2) is 34.9 Å². The average molecular weight is 451 g/mol. The van der Waals surface area contributed by atoms with E-state index in [1.54, 1.807) is 5.57 Å². The van der Waals surface area contributed by atoms with Gasteiger partial charge in [0.15, 0.2) is 0 Å². The van der Waals surface area contributed by atoms with E-state index in [4.69, 9.17) is 4.74 Å². The number of benzene rings is 1. The first-order valence-electron chi connectivity index (χ1n) is 13.2. The number of allylic oxidation sites excluding steroid dienone is 6. The quantitative estimate of drug-likeness (QED) is 0.380. The van der Waals surface area contributed by atoms with Crippen LogP contribution in [0.4, 0.5) is 0 Å². The zero-order valence-corrected chi connectivity index (χ0v) is 22.1. The van der Waals surface area contributed by atoms with Crippen molar-refractivity contribution in [1.82, 2.24) is 0 Å². The summed E-state index contributed by atoms with van der Waals surface area (Å²) in [7, 11) is 0. The third kappa shape index (κ3) is 6.78. The first kappa shape index (κ1) is 25.7. The molecule has 1 N–H and O–H groups in total. The van der Waals surface area contributed by atoms with Crippen LogP contribution >= 0.6 is 0 Å². The first-order chi connectivity index (χ1) is 15.7. The number of phenols is 1. The molecule has 182 valence electrons. The van der Waals surface area contributed by atoms with Crippen molar-refractivity contribution in [2.75, 3.05) is 0 Å². The minimum absolute atomic E-state index is 0.130. The number of fused-ring (bicyclic) bond motifs is 1. The second-order valence-electron chi connectivity index (χ2n) is 10.9. The molecule has 0 spiro atoms. The lowest BCUT2D eigenvalue weighted by atomic mass is 9.85. The van der Waals surface area contributed by atoms with Crippen LogP contribution < -0.4 is 4.74 Å². The summed E-state index contributed by atoms with van der Waals surface area (Å²) in [6, 6.07) is 0. The summed E-state index contributed by atoms with van der Waals surface area (Å²) < 4.78 is 6.58. The third-order valence-electron chi connectivity index (χ3n) is 8.01. The summed E-state index contributed by atoms with van der Waals surface area (Å²) in [4.78, 5) is 0. The van der Waals surface area contributed by atoms with E-state index in [9.17, 15) is 5.11 Å². The Balaban J connectivity index is 1.45. The van der Waals surface area contributed by atoms with Crippen molar-refractivity contribution in [2.45, 2.75) is 124 Å². The van der Waals surface area contributed by atoms with Gasteiger partial charge in [-0.05, 0) is 135 Å². The highest BCUT2D eigenvalue weighted by Crippen LogP contribution is 2.44. The average Bonchev–Trinajstić information content (AvgIpc) is 3.29. The van der Waals surface area contributed by atoms with Crippen LogP contribution in [0.25, 0.3) is 0 Å². The summed E-state index contributed by atoms with van der Waals surface area (Å²) in [5, 5.41) is 10.4. The van der Waals surface area contributed by atoms with Crippen molar-refractivity contribution in [3.8, 4) is 11.5 Å². The van der Waals surface area contributed by atoms with E-state index >= 15 is 0 Å². The SMILES string of the molecule is C/C(=C\CC/C(C)=C/CCC1(C)CCc2c(C)c(O)c(C)c(C)c2O1)CCC=C1CCCC1. The number of ether oxygens (including phenoxy) is 1. The molecule has 1 aromatic carbocycles. The van der Waals surface area contributed by atoms with Gasteiger partial charge in [0.05, 0.1) is 0 Å². The molecule has 0 amide bonds. The van der Waals surface area contributed by atoms with E-state index in [-0.39, 0.29) is 5.60 Å². The number of aromatic hydroxyl groups is 1. The number of rotatable bonds is 9. The fraction of sp³-hybridized carbons (Fsp3) is 0.613. The number of hydrogen-bond donors (Lipinski definition) is 1. The maximum atomic E-state index is 10.4. The van der Waals surface area contributed by atoms with Gasteiger partial charge in [0.2, 0.25) is 0 Å². The van der Waals surface area contributed by atoms with Gasteiger partial charge in [-0.2, -0.15) is 0 Å². The molecule has 1 atom stereocenters. The molecule has 3 rings (SSSR count). The molecule has 2 nitrogen and oxygen atoms in total. The maximum Gasteiger partial charge on any atom is 0.127 e. The third-order valence-corrected chi connectivity index (χ3v) is 8.01. The molecular formula is C31H46O2. The lowest BCUT2D eigenvalue weighted by molar-refractivity contribution is 0.0558. The zero-order valence-electron chi connectivity index (χ0n) is 22.1. The van der Waals surface area contributed by atoms with Crippen LogP contribution in [-0.4, -0.2) is 10.7 Å². The van der Waals surface area contributed by atoms with Gasteiger partial charge >= 0.3 is 0 Å². The maximum absolute atomic E-state index is 10.4. The minimum atomic E-state index is -0.130. The lowest BCUT2D eigenvalue weighted by Crippen LogP contribution is -2.37. The van der Waals surface area contributed by atoms with Crippen LogP contribution in [-0.2, 0) is 6.42 Å². The molecule has 0 radical (unpaired) electrons. The Hall–Kier alpha value is -1.96. The fourth-order valence-electron chi connectivity index (χ4n) is 5.38. The van der Waals surface area contributed by atoms with Crippen molar-refractivity contribution in [3.05, 3.63) is 57.2 Å². The van der Waals surface area contributed by atoms with Crippen LogP contribution in [0, 0.1) is 20.8 Å². The van der Waals surface area contributed by atoms with Crippen molar-refractivity contribution in [1.29, 1.82) is 0 Å². The highest BCUT2D eigenvalue weighted by molar-refractivity contribution is 5.58. The van der Waals surface area contributed by atoms with Gasteiger partial charge in [-0.3, -0.25) is 0 Å². The van der Waals surface area contributed by atoms with E-state index in [0.29, 0.717) is 5.75 Å². The molecule has 1 aliphatic heterocycles. The molecule has 1 aromatic rings. The van der Waals surface area contributed by atoms with Gasteiger partial charge in [-0.15, -0.1) is 0 Å². The summed E-state index contributed by atoms with van der Waals surface area (Å²) in [6.07, 6.45) is 21.6. The van der Waals surface area contributed by atoms with Gasteiger partial charge in [-0.25, -0.2) is 0 Å². The van der Waals surface area contributed by atoms with Gasteiger partial charge in [0, 0.05) is 5.56 Å². The monoisotopic (exact) mass is 450 g/mol. The Morgan fingerprint density at radius 3 is 2.21 bits per heavy atom. The molecule has 0 bridgehead atoms. The number of hydrogen-bond acceptors (Lipinski definition) is 2. The van der Waals surface area contributed by atoms with E-state index in [1.807, 2.05) is 13.8 Å². The normalized spacial score (nSPS) is 21.2. The topological polar surface area (TPSA) is 29.5 Å². The molecule has 0 saturated heterocycles. The Morgan fingerprint density at radius 1 is 0.879 bits per heavy atom. The predicted octanol–water partition coefficient (Wildman–Crippen LogP) is 9.13. The Morgan fingerprint density at radius 2 is 1.52 bits per heavy atom. The molecule has 0 aromatic heterocycles. The number of phenolic OH excluding ortho intramolecular Hbond substituents is 1. The molecule has 33 heavy (non-hydrogen) atoms. The Labute approximate surface area is 202 Å². The van der Waals surface area contributed by atoms with Crippen molar-refractivity contribution in [3.63, 3.8) is 0 Å². The second kappa shape index (κ2) is 11.4. The van der Waals surface area contributed by atoms with Crippen LogP contribution in [0.3, 0.4) is 0 Å². The van der Waals surface area contributed by atoms with Gasteiger partial charge in [0.1, 0.15) is 17.1 Å². The van der Waals surface area contributed by atoms with Crippen molar-refractivity contribution >= 4 is 0 Å². The lowest BCUT2D eigenvalue weighted by Gasteiger charge is -2.38. The Bertz CT molecular complexity index is 923. The fourth-order valence-corrected chi connectivity index (χ4v) is 5.38. The van der Waals surface area contributed by atoms with Gasteiger partial charge in [0.25, 0.3) is 0 Å². The molecule has 1 aliphatic carbocycles. The smallest absolute Gasteiger partial charge is 0.127 e. The first-order valence-corrected chi connectivity index (χ1v) is 13.2. The predicted molar refractivity (Wildman–Crippen MR) is 141 cm³/mol. The van der Waals surface area contributed by atoms with Crippen molar-refractivity contribution in [2.24, 2.45) is 0 Å². The van der Waals surface area contributed by atoms with Gasteiger partial charge < -0.3 is 9.84 Å². The summed E-state index contributed by atoms with van der Waals surface area (Å²) >= 11 is 0. The Kier molecular flexibility index (Phi) is 8.90. The molecule has 2 heteroatoms. The molecule has 1 heterocycles. The van der Waals surface area contributed by atoms with Crippen molar-refractivity contribution < 1.29 is 9.84 Å². The summed E-state index contributed by atoms with van der Waals surface area (Å²) in [5.74, 6) is 1.45.